The van der Waals surface area contributed by atoms with E-state index in [9.17, 15) is 39.9 Å². The maximum atomic E-state index is 14.7. The van der Waals surface area contributed by atoms with Crippen molar-refractivity contribution in [1.82, 2.24) is 9.91 Å². The molecule has 0 radical (unpaired) electrons. The number of aliphatic hydroxyl groups is 2. The van der Waals surface area contributed by atoms with Crippen molar-refractivity contribution >= 4 is 40.3 Å². The number of fused-ring (bicyclic) bond motifs is 14. The van der Waals surface area contributed by atoms with Crippen LogP contribution in [0.25, 0.3) is 10.8 Å². The van der Waals surface area contributed by atoms with Gasteiger partial charge in [-0.1, -0.05) is 76.3 Å². The summed E-state index contributed by atoms with van der Waals surface area (Å²) in [6.07, 6.45) is 4.88. The van der Waals surface area contributed by atoms with Crippen LogP contribution in [-0.4, -0.2) is 121 Å². The molecule has 374 valence electrons. The fraction of sp³-hybridized carbons (Fsp3) is 0.509. The second-order valence-electron chi connectivity index (χ2n) is 20.4. The maximum Gasteiger partial charge on any atom is 0.312 e. The van der Waals surface area contributed by atoms with Gasteiger partial charge in [0, 0.05) is 79.8 Å². The molecule has 16 nitrogen and oxygen atoms in total. The molecule has 4 aliphatic rings. The third-order valence-electron chi connectivity index (χ3n) is 14.2. The summed E-state index contributed by atoms with van der Waals surface area (Å²) in [5.74, 6) is -8.52. The Bertz CT molecular complexity index is 2570. The van der Waals surface area contributed by atoms with Gasteiger partial charge in [-0.05, 0) is 53.2 Å². The number of aromatic hydroxyl groups is 3. The SMILES string of the molecule is CO[C@H]1/C=C/O[C@@]2(C)Oc3c(C)c(O)c4c(O)c(c(/C=N/N5CC(C)(C)N(Cc6ccccc6)CC5(C)C)c(O)c4c3C2=O)NC(=O)/C(C)=C\C=C\[C@H](C)[C@H](O)[C@@H](C)[C@@H](O)[C@@H](C)[C@H](OC(C)=O)[C@@H]1C. The minimum Gasteiger partial charge on any atom is -0.507 e. The third kappa shape index (κ3) is 10.4. The monoisotopic (exact) mass is 954 g/mol. The lowest BCUT2D eigenvalue weighted by atomic mass is 9.78. The van der Waals surface area contributed by atoms with Crippen LogP contribution in [0.2, 0.25) is 0 Å². The zero-order valence-corrected chi connectivity index (χ0v) is 42.0. The number of ketones is 1. The van der Waals surface area contributed by atoms with E-state index in [0.29, 0.717) is 19.6 Å². The predicted octanol–water partition coefficient (Wildman–Crippen LogP) is 7.46. The van der Waals surface area contributed by atoms with Gasteiger partial charge < -0.3 is 49.8 Å². The summed E-state index contributed by atoms with van der Waals surface area (Å²) in [5.41, 5.74) is -0.206. The second kappa shape index (κ2) is 20.2. The van der Waals surface area contributed by atoms with Gasteiger partial charge in [0.1, 0.15) is 23.4 Å². The van der Waals surface area contributed by atoms with Gasteiger partial charge in [0.25, 0.3) is 11.7 Å². The Labute approximate surface area is 404 Å². The lowest BCUT2D eigenvalue weighted by Crippen LogP contribution is -2.65. The fourth-order valence-electron chi connectivity index (χ4n) is 9.71. The number of carbonyl (C=O) groups excluding carboxylic acids is 3. The van der Waals surface area contributed by atoms with Crippen LogP contribution in [0.15, 0.2) is 71.6 Å². The van der Waals surface area contributed by atoms with E-state index in [2.05, 4.69) is 36.2 Å². The molecule has 1 amide bonds. The van der Waals surface area contributed by atoms with Crippen LogP contribution in [-0.2, 0) is 30.3 Å². The summed E-state index contributed by atoms with van der Waals surface area (Å²) >= 11 is 0. The number of esters is 1. The van der Waals surface area contributed by atoms with E-state index in [4.69, 9.17) is 24.0 Å². The van der Waals surface area contributed by atoms with Crippen molar-refractivity contribution in [3.05, 3.63) is 88.7 Å². The lowest BCUT2D eigenvalue weighted by Gasteiger charge is -2.54. The normalized spacial score (nSPS) is 30.7. The number of methoxy groups -OCH3 is 1. The number of aliphatic hydroxyl groups excluding tert-OH is 2. The number of rotatable bonds is 6. The van der Waals surface area contributed by atoms with Gasteiger partial charge in [-0.3, -0.25) is 24.3 Å². The van der Waals surface area contributed by atoms with E-state index in [1.807, 2.05) is 37.1 Å². The van der Waals surface area contributed by atoms with Crippen molar-refractivity contribution in [1.29, 1.82) is 0 Å². The van der Waals surface area contributed by atoms with Crippen LogP contribution in [0.4, 0.5) is 5.69 Å². The number of piperazine rings is 1. The fourth-order valence-corrected chi connectivity index (χ4v) is 9.71. The largest absolute Gasteiger partial charge is 0.507 e. The quantitative estimate of drug-likeness (QED) is 0.0612. The van der Waals surface area contributed by atoms with Gasteiger partial charge in [0.05, 0.1) is 65.1 Å². The molecule has 16 heteroatoms. The summed E-state index contributed by atoms with van der Waals surface area (Å²) in [6, 6.07) is 10.2. The van der Waals surface area contributed by atoms with E-state index >= 15 is 0 Å². The summed E-state index contributed by atoms with van der Waals surface area (Å²) in [4.78, 5) is 43.6. The van der Waals surface area contributed by atoms with Gasteiger partial charge in [-0.15, -0.1) is 0 Å². The second-order valence-corrected chi connectivity index (χ2v) is 20.4. The minimum absolute atomic E-state index is 0.0466. The topological polar surface area (TPSA) is 220 Å². The highest BCUT2D eigenvalue weighted by Crippen LogP contribution is 2.55. The Balaban J connectivity index is 1.51. The van der Waals surface area contributed by atoms with E-state index < -0.39 is 94.3 Å². The number of hydrogen-bond acceptors (Lipinski definition) is 15. The average molecular weight is 955 g/mol. The molecule has 4 heterocycles. The van der Waals surface area contributed by atoms with Crippen LogP contribution in [0.5, 0.6) is 23.0 Å². The molecule has 3 aromatic carbocycles. The van der Waals surface area contributed by atoms with Crippen molar-refractivity contribution in [2.24, 2.45) is 28.8 Å². The van der Waals surface area contributed by atoms with Crippen molar-refractivity contribution in [3.63, 3.8) is 0 Å². The van der Waals surface area contributed by atoms with Crippen molar-refractivity contribution < 1.29 is 58.9 Å². The van der Waals surface area contributed by atoms with E-state index in [1.165, 1.54) is 59.4 Å². The average Bonchev–Trinajstić information content (AvgIpc) is 3.56. The zero-order chi connectivity index (χ0) is 51.1. The molecule has 5 bridgehead atoms. The summed E-state index contributed by atoms with van der Waals surface area (Å²) in [5, 5.41) is 68.5. The first-order chi connectivity index (χ1) is 32.3. The Morgan fingerprint density at radius 1 is 0.884 bits per heavy atom. The highest BCUT2D eigenvalue weighted by Gasteiger charge is 2.50. The highest BCUT2D eigenvalue weighted by molar-refractivity contribution is 6.23. The van der Waals surface area contributed by atoms with Crippen molar-refractivity contribution in [2.75, 3.05) is 25.5 Å². The number of hydrogen-bond donors (Lipinski definition) is 6. The number of hydrazone groups is 1. The van der Waals surface area contributed by atoms with Crippen LogP contribution in [0.1, 0.15) is 103 Å². The van der Waals surface area contributed by atoms with Crippen LogP contribution in [0.3, 0.4) is 0 Å². The molecule has 0 saturated carbocycles. The maximum absolute atomic E-state index is 14.7. The molecule has 0 aliphatic carbocycles. The van der Waals surface area contributed by atoms with Gasteiger partial charge in [-0.2, -0.15) is 5.10 Å². The molecule has 6 N–H and O–H groups in total. The Kier molecular flexibility index (Phi) is 15.3. The summed E-state index contributed by atoms with van der Waals surface area (Å²) in [7, 11) is 1.44. The molecule has 0 spiro atoms. The van der Waals surface area contributed by atoms with E-state index in [0.717, 1.165) is 5.56 Å². The van der Waals surface area contributed by atoms with Gasteiger partial charge in [0.15, 0.2) is 5.75 Å². The molecular weight excluding hydrogens is 885 g/mol. The Morgan fingerprint density at radius 2 is 1.55 bits per heavy atom. The van der Waals surface area contributed by atoms with E-state index in [-0.39, 0.29) is 50.0 Å². The van der Waals surface area contributed by atoms with Crippen molar-refractivity contribution in [3.8, 4) is 23.0 Å². The number of phenols is 3. The number of phenolic OH excluding ortho intramolecular Hbond substituents is 3. The highest BCUT2D eigenvalue weighted by atomic mass is 16.7. The lowest BCUT2D eigenvalue weighted by molar-refractivity contribution is -0.160. The molecule has 3 aromatic rings. The van der Waals surface area contributed by atoms with Crippen LogP contribution < -0.4 is 10.1 Å². The summed E-state index contributed by atoms with van der Waals surface area (Å²) in [6.45, 7) is 22.7. The molecule has 9 atom stereocenters. The Hall–Kier alpha value is -5.94. The third-order valence-corrected chi connectivity index (χ3v) is 14.2. The number of nitrogens with one attached hydrogen (secondary N) is 1. The minimum atomic E-state index is -2.08. The number of carbonyl (C=O) groups is 3. The molecule has 1 saturated heterocycles. The number of benzene rings is 3. The molecular formula is C53H70N4O12. The first kappa shape index (κ1) is 52.4. The summed E-state index contributed by atoms with van der Waals surface area (Å²) < 4.78 is 23.9. The molecule has 0 unspecified atom stereocenters. The van der Waals surface area contributed by atoms with Gasteiger partial charge in [0.2, 0.25) is 0 Å². The number of ether oxygens (including phenoxy) is 4. The van der Waals surface area contributed by atoms with Crippen molar-refractivity contribution in [2.45, 2.75) is 131 Å². The Morgan fingerprint density at radius 3 is 2.19 bits per heavy atom. The van der Waals surface area contributed by atoms with Crippen LogP contribution in [0, 0.1) is 30.6 Å². The number of allylic oxidation sites excluding steroid dienone is 2. The zero-order valence-electron chi connectivity index (χ0n) is 42.0. The van der Waals surface area contributed by atoms with Gasteiger partial charge in [-0.25, -0.2) is 0 Å². The molecule has 7 rings (SSSR count). The smallest absolute Gasteiger partial charge is 0.312 e. The first-order valence-electron chi connectivity index (χ1n) is 23.4. The molecule has 1 fully saturated rings. The molecule has 69 heavy (non-hydrogen) atoms. The number of nitrogens with zero attached hydrogens (tertiary/aromatic N) is 3. The standard InChI is InChI=1S/C53H70N4O12/c1-28-18-17-19-29(2)50(65)55-41-36(24-54-57-27-51(8,9)56(26-52(57,10)11)25-35-20-15-14-16-21-35)45(62)38-39(46(41)63)44(61)33(6)48-40(38)49(64)53(12,69-48)67-23-22-37(66-13)30(3)47(68-34(7)58)32(5)43(60)31(4)42(28)59/h14-24,28,30-32,37,42-43,47,59-63H,25-27H2,1-13H3,(H,55,65)/b18-17+,23-22+,29-19-,54-24+/t28-,30+,31+,32+,37-,42-,43+,47+,53-/m0/s1. The number of anilines is 1. The van der Waals surface area contributed by atoms with Gasteiger partial charge >= 0.3 is 11.8 Å². The number of Topliss-reactive ketones (excluding diaryl/α,β-unsaturated/α-hetero) is 1. The van der Waals surface area contributed by atoms with E-state index in [1.54, 1.807) is 39.8 Å². The first-order valence-corrected chi connectivity index (χ1v) is 23.4. The number of amides is 1. The predicted molar refractivity (Wildman–Crippen MR) is 263 cm³/mol. The molecule has 0 aromatic heterocycles. The van der Waals surface area contributed by atoms with Crippen LogP contribution >= 0.6 is 0 Å². The molecule has 4 aliphatic heterocycles.